The molecule has 0 aliphatic carbocycles. The van der Waals surface area contributed by atoms with E-state index in [1.807, 2.05) is 6.07 Å². The summed E-state index contributed by atoms with van der Waals surface area (Å²) >= 11 is 0. The molecule has 0 amide bonds. The van der Waals surface area contributed by atoms with Gasteiger partial charge in [0, 0.05) is 41.1 Å². The number of aliphatic hydroxyl groups is 1. The van der Waals surface area contributed by atoms with Gasteiger partial charge in [-0.1, -0.05) is 43.9 Å². The van der Waals surface area contributed by atoms with E-state index in [9.17, 15) is 15.2 Å². The van der Waals surface area contributed by atoms with Crippen LogP contribution in [0.3, 0.4) is 0 Å². The average molecular weight is 441 g/mol. The lowest BCUT2D eigenvalue weighted by molar-refractivity contribution is 0.0877. The van der Waals surface area contributed by atoms with Crippen LogP contribution in [0.4, 0.5) is 5.82 Å². The van der Waals surface area contributed by atoms with E-state index < -0.39 is 6.10 Å². The quantitative estimate of drug-likeness (QED) is 0.408. The lowest BCUT2D eigenvalue weighted by Crippen LogP contribution is -2.32. The monoisotopic (exact) mass is 440 g/mol. The Morgan fingerprint density at radius 3 is 2.48 bits per heavy atom. The maximum absolute atomic E-state index is 12.5. The molecule has 6 heteroatoms. The molecule has 33 heavy (non-hydrogen) atoms. The number of likely N-dealkylation sites (N-methyl/N-ethyl adjacent to an activating group) is 1. The van der Waals surface area contributed by atoms with Crippen LogP contribution in [0.2, 0.25) is 0 Å². The number of nitrogens with two attached hydrogens (primary N) is 1. The van der Waals surface area contributed by atoms with Crippen molar-refractivity contribution >= 4 is 22.4 Å². The number of hydrogen-bond acceptors (Lipinski definition) is 6. The molecule has 3 N–H and O–H groups in total. The molecule has 1 atom stereocenters. The number of Topliss-reactive ketones (excluding diaryl/α,β-unsaturated/α-hetero) is 1. The van der Waals surface area contributed by atoms with Gasteiger partial charge in [0.2, 0.25) is 0 Å². The van der Waals surface area contributed by atoms with Gasteiger partial charge in [-0.05, 0) is 43.8 Å². The number of pyridine rings is 1. The molecular formula is C27H28N4O2. The summed E-state index contributed by atoms with van der Waals surface area (Å²) in [5.41, 5.74) is 8.49. The number of benzene rings is 2. The topological polar surface area (TPSA) is 103 Å². The average Bonchev–Trinajstić information content (AvgIpc) is 2.85. The van der Waals surface area contributed by atoms with Gasteiger partial charge in [0.1, 0.15) is 5.82 Å². The van der Waals surface area contributed by atoms with E-state index in [-0.39, 0.29) is 5.78 Å². The van der Waals surface area contributed by atoms with E-state index >= 15 is 0 Å². The minimum atomic E-state index is -0.514. The number of carbonyl (C=O) groups is 1. The summed E-state index contributed by atoms with van der Waals surface area (Å²) < 4.78 is 0. The van der Waals surface area contributed by atoms with E-state index in [0.717, 1.165) is 29.4 Å². The molecular weight excluding hydrogens is 412 g/mol. The molecule has 1 heterocycles. The van der Waals surface area contributed by atoms with E-state index in [0.29, 0.717) is 41.9 Å². The zero-order valence-electron chi connectivity index (χ0n) is 19.0. The first-order valence-electron chi connectivity index (χ1n) is 11.1. The van der Waals surface area contributed by atoms with Crippen molar-refractivity contribution < 1.29 is 9.90 Å². The smallest absolute Gasteiger partial charge is 0.162 e. The SMILES string of the molecule is CCN(CC)CC(O)CCC(=O)c1ccc(C#Cc2c(N)ncc3ccc(C#N)cc23)cc1. The molecule has 168 valence electrons. The van der Waals surface area contributed by atoms with Gasteiger partial charge in [-0.15, -0.1) is 0 Å². The van der Waals surface area contributed by atoms with Crippen LogP contribution >= 0.6 is 0 Å². The van der Waals surface area contributed by atoms with E-state index in [2.05, 4.69) is 41.6 Å². The first kappa shape index (κ1) is 23.9. The highest BCUT2D eigenvalue weighted by Crippen LogP contribution is 2.23. The number of carbonyl (C=O) groups excluding carboxylic acids is 1. The second-order valence-corrected chi connectivity index (χ2v) is 7.86. The Bertz CT molecular complexity index is 1230. The Morgan fingerprint density at radius 2 is 1.82 bits per heavy atom. The van der Waals surface area contributed by atoms with Gasteiger partial charge in [0.05, 0.1) is 23.3 Å². The first-order chi connectivity index (χ1) is 15.9. The molecule has 0 saturated carbocycles. The molecule has 6 nitrogen and oxygen atoms in total. The lowest BCUT2D eigenvalue weighted by atomic mass is 10.0. The number of anilines is 1. The van der Waals surface area contributed by atoms with Gasteiger partial charge < -0.3 is 15.7 Å². The molecule has 0 aliphatic rings. The third-order valence-electron chi connectivity index (χ3n) is 5.66. The number of nitrogens with zero attached hydrogens (tertiary/aromatic N) is 3. The molecule has 1 aromatic heterocycles. The Hall–Kier alpha value is -3.71. The predicted octanol–water partition coefficient (Wildman–Crippen LogP) is 3.75. The Kier molecular flexibility index (Phi) is 8.16. The standard InChI is InChI=1S/C27H28N4O2/c1-3-31(4-2)18-23(32)12-14-26(33)21-9-5-19(6-10-21)8-13-24-25-15-20(16-28)7-11-22(25)17-30-27(24)29/h5-7,9-11,15,17,23,32H,3-4,12,14,18H2,1-2H3,(H2,29,30). The maximum Gasteiger partial charge on any atom is 0.162 e. The number of hydrogen-bond donors (Lipinski definition) is 2. The van der Waals surface area contributed by atoms with Crippen molar-refractivity contribution in [2.75, 3.05) is 25.4 Å². The Labute approximate surface area is 194 Å². The molecule has 1 unspecified atom stereocenters. The van der Waals surface area contributed by atoms with E-state index in [1.54, 1.807) is 42.6 Å². The molecule has 3 rings (SSSR count). The molecule has 0 aliphatic heterocycles. The molecule has 0 fully saturated rings. The van der Waals surface area contributed by atoms with Crippen molar-refractivity contribution in [2.45, 2.75) is 32.8 Å². The molecule has 0 radical (unpaired) electrons. The summed E-state index contributed by atoms with van der Waals surface area (Å²) in [7, 11) is 0. The fourth-order valence-electron chi connectivity index (χ4n) is 3.62. The minimum Gasteiger partial charge on any atom is -0.392 e. The third-order valence-corrected chi connectivity index (χ3v) is 5.66. The van der Waals surface area contributed by atoms with Crippen LogP contribution < -0.4 is 5.73 Å². The van der Waals surface area contributed by atoms with Crippen molar-refractivity contribution in [3.63, 3.8) is 0 Å². The number of aromatic nitrogens is 1. The first-order valence-corrected chi connectivity index (χ1v) is 11.1. The number of fused-ring (bicyclic) bond motifs is 1. The van der Waals surface area contributed by atoms with Gasteiger partial charge in [0.25, 0.3) is 0 Å². The summed E-state index contributed by atoms with van der Waals surface area (Å²) in [5, 5.41) is 21.0. The fourth-order valence-corrected chi connectivity index (χ4v) is 3.62. The zero-order valence-corrected chi connectivity index (χ0v) is 19.0. The van der Waals surface area contributed by atoms with E-state index in [1.165, 1.54) is 0 Å². The normalized spacial score (nSPS) is 11.6. The van der Waals surface area contributed by atoms with Crippen LogP contribution in [-0.4, -0.2) is 46.5 Å². The maximum atomic E-state index is 12.5. The highest BCUT2D eigenvalue weighted by Gasteiger charge is 2.13. The molecule has 3 aromatic rings. The van der Waals surface area contributed by atoms with Crippen molar-refractivity contribution in [1.82, 2.24) is 9.88 Å². The summed E-state index contributed by atoms with van der Waals surface area (Å²) in [5.74, 6) is 6.45. The summed E-state index contributed by atoms with van der Waals surface area (Å²) in [6, 6.07) is 14.5. The number of rotatable bonds is 8. The second kappa shape index (κ2) is 11.2. The fraction of sp³-hybridized carbons (Fsp3) is 0.296. The minimum absolute atomic E-state index is 0.000336. The van der Waals surface area contributed by atoms with Crippen LogP contribution in [0.1, 0.15) is 53.7 Å². The lowest BCUT2D eigenvalue weighted by Gasteiger charge is -2.21. The largest absolute Gasteiger partial charge is 0.392 e. The summed E-state index contributed by atoms with van der Waals surface area (Å²) in [4.78, 5) is 18.8. The van der Waals surface area contributed by atoms with Gasteiger partial charge in [-0.2, -0.15) is 5.26 Å². The van der Waals surface area contributed by atoms with Crippen molar-refractivity contribution in [1.29, 1.82) is 5.26 Å². The van der Waals surface area contributed by atoms with Crippen LogP contribution in [0.5, 0.6) is 0 Å². The van der Waals surface area contributed by atoms with Crippen LogP contribution in [0, 0.1) is 23.2 Å². The number of ketones is 1. The van der Waals surface area contributed by atoms with Gasteiger partial charge in [0.15, 0.2) is 5.78 Å². The van der Waals surface area contributed by atoms with Crippen molar-refractivity contribution in [3.05, 3.63) is 70.9 Å². The van der Waals surface area contributed by atoms with Crippen LogP contribution in [0.25, 0.3) is 10.8 Å². The summed E-state index contributed by atoms with van der Waals surface area (Å²) in [6.07, 6.45) is 1.89. The second-order valence-electron chi connectivity index (χ2n) is 7.86. The Morgan fingerprint density at radius 1 is 1.12 bits per heavy atom. The predicted molar refractivity (Wildman–Crippen MR) is 131 cm³/mol. The van der Waals surface area contributed by atoms with Crippen molar-refractivity contribution in [3.8, 4) is 17.9 Å². The highest BCUT2D eigenvalue weighted by atomic mass is 16.3. The zero-order chi connectivity index (χ0) is 23.8. The summed E-state index contributed by atoms with van der Waals surface area (Å²) in [6.45, 7) is 6.45. The van der Waals surface area contributed by atoms with Gasteiger partial charge in [-0.25, -0.2) is 4.98 Å². The van der Waals surface area contributed by atoms with E-state index in [4.69, 9.17) is 5.73 Å². The third kappa shape index (κ3) is 6.17. The van der Waals surface area contributed by atoms with Gasteiger partial charge in [-0.3, -0.25) is 4.79 Å². The van der Waals surface area contributed by atoms with Gasteiger partial charge >= 0.3 is 0 Å². The highest BCUT2D eigenvalue weighted by molar-refractivity contribution is 5.96. The molecule has 0 saturated heterocycles. The molecule has 0 spiro atoms. The van der Waals surface area contributed by atoms with Crippen molar-refractivity contribution in [2.24, 2.45) is 0 Å². The molecule has 2 aromatic carbocycles. The van der Waals surface area contributed by atoms with Crippen LogP contribution in [-0.2, 0) is 0 Å². The van der Waals surface area contributed by atoms with Crippen LogP contribution in [0.15, 0.2) is 48.7 Å². The number of nitriles is 1. The number of nitrogen functional groups attached to an aromatic ring is 1. The number of aliphatic hydroxyl groups excluding tert-OH is 1. The Balaban J connectivity index is 1.71. The molecule has 0 bridgehead atoms.